The largest absolute Gasteiger partial charge is 0.424 e. The second kappa shape index (κ2) is 7.57. The Kier molecular flexibility index (Phi) is 5.24. The van der Waals surface area contributed by atoms with Crippen molar-refractivity contribution in [1.82, 2.24) is 30.4 Å². The fourth-order valence-corrected chi connectivity index (χ4v) is 3.03. The monoisotopic (exact) mass is 344 g/mol. The molecule has 0 fully saturated rings. The first-order valence-electron chi connectivity index (χ1n) is 7.91. The highest BCUT2D eigenvalue weighted by Gasteiger charge is 2.19. The van der Waals surface area contributed by atoms with Crippen molar-refractivity contribution in [2.75, 3.05) is 0 Å². The molecule has 1 aromatic carbocycles. The number of aromatic nitrogens is 6. The predicted molar refractivity (Wildman–Crippen MR) is 90.5 cm³/mol. The van der Waals surface area contributed by atoms with Crippen molar-refractivity contribution < 1.29 is 4.42 Å². The highest BCUT2D eigenvalue weighted by molar-refractivity contribution is 7.99. The first-order valence-corrected chi connectivity index (χ1v) is 8.79. The van der Waals surface area contributed by atoms with E-state index in [2.05, 4.69) is 51.7 Å². The fourth-order valence-electron chi connectivity index (χ4n) is 2.21. The Morgan fingerprint density at radius 3 is 2.62 bits per heavy atom. The van der Waals surface area contributed by atoms with E-state index >= 15 is 0 Å². The molecule has 0 bridgehead atoms. The van der Waals surface area contributed by atoms with Crippen LogP contribution in [0.3, 0.4) is 0 Å². The van der Waals surface area contributed by atoms with Crippen LogP contribution in [0, 0.1) is 5.92 Å². The number of hydrogen-bond acceptors (Lipinski definition) is 7. The molecule has 2 aromatic heterocycles. The minimum absolute atomic E-state index is 0.0149. The molecule has 0 aliphatic rings. The van der Waals surface area contributed by atoms with Gasteiger partial charge < -0.3 is 4.42 Å². The van der Waals surface area contributed by atoms with Crippen LogP contribution >= 0.6 is 11.8 Å². The van der Waals surface area contributed by atoms with Crippen molar-refractivity contribution >= 4 is 11.8 Å². The molecule has 126 valence electrons. The van der Waals surface area contributed by atoms with Gasteiger partial charge in [-0.15, -0.1) is 15.3 Å². The molecule has 0 N–H and O–H groups in total. The predicted octanol–water partition coefficient (Wildman–Crippen LogP) is 3.16. The van der Waals surface area contributed by atoms with E-state index in [0.29, 0.717) is 24.2 Å². The van der Waals surface area contributed by atoms with Gasteiger partial charge in [0.1, 0.15) is 0 Å². The second-order valence-corrected chi connectivity index (χ2v) is 7.30. The summed E-state index contributed by atoms with van der Waals surface area (Å²) in [7, 11) is 0. The molecule has 0 amide bonds. The lowest BCUT2D eigenvalue weighted by Crippen LogP contribution is -2.04. The average Bonchev–Trinajstić information content (AvgIpc) is 3.18. The Labute approximate surface area is 144 Å². The van der Waals surface area contributed by atoms with Crippen molar-refractivity contribution in [2.24, 2.45) is 5.92 Å². The van der Waals surface area contributed by atoms with Gasteiger partial charge in [0, 0.05) is 6.42 Å². The Bertz CT molecular complexity index is 770. The smallest absolute Gasteiger partial charge is 0.229 e. The number of tetrazole rings is 1. The quantitative estimate of drug-likeness (QED) is 0.609. The van der Waals surface area contributed by atoms with Gasteiger partial charge in [-0.2, -0.15) is 0 Å². The van der Waals surface area contributed by atoms with Crippen molar-refractivity contribution in [3.63, 3.8) is 0 Å². The molecule has 0 aliphatic carbocycles. The van der Waals surface area contributed by atoms with E-state index in [0.717, 1.165) is 17.1 Å². The number of rotatable bonds is 7. The van der Waals surface area contributed by atoms with Gasteiger partial charge in [0.2, 0.25) is 16.9 Å². The van der Waals surface area contributed by atoms with E-state index in [1.807, 2.05) is 25.1 Å². The van der Waals surface area contributed by atoms with Crippen molar-refractivity contribution in [3.05, 3.63) is 47.7 Å². The molecule has 3 aromatic rings. The van der Waals surface area contributed by atoms with Crippen molar-refractivity contribution in [3.8, 4) is 0 Å². The van der Waals surface area contributed by atoms with Gasteiger partial charge in [-0.05, 0) is 28.8 Å². The normalized spacial score (nSPS) is 12.7. The molecule has 0 saturated carbocycles. The summed E-state index contributed by atoms with van der Waals surface area (Å²) in [5, 5.41) is 20.9. The summed E-state index contributed by atoms with van der Waals surface area (Å²) in [6, 6.07) is 10.1. The maximum Gasteiger partial charge on any atom is 0.229 e. The van der Waals surface area contributed by atoms with Gasteiger partial charge in [-0.3, -0.25) is 0 Å². The second-order valence-electron chi connectivity index (χ2n) is 6.00. The minimum Gasteiger partial charge on any atom is -0.424 e. The summed E-state index contributed by atoms with van der Waals surface area (Å²) in [6.07, 6.45) is 0.788. The molecule has 7 nitrogen and oxygen atoms in total. The van der Waals surface area contributed by atoms with E-state index in [1.54, 1.807) is 4.68 Å². The van der Waals surface area contributed by atoms with E-state index in [9.17, 15) is 0 Å². The highest BCUT2D eigenvalue weighted by atomic mass is 32.2. The summed E-state index contributed by atoms with van der Waals surface area (Å²) in [5.74, 6) is 1.76. The van der Waals surface area contributed by atoms with E-state index < -0.39 is 0 Å². The number of hydrogen-bond donors (Lipinski definition) is 0. The molecule has 0 aliphatic heterocycles. The number of thioether (sulfide) groups is 1. The van der Waals surface area contributed by atoms with Crippen LogP contribution < -0.4 is 0 Å². The van der Waals surface area contributed by atoms with Gasteiger partial charge in [0.25, 0.3) is 0 Å². The zero-order chi connectivity index (χ0) is 16.9. The topological polar surface area (TPSA) is 82.5 Å². The van der Waals surface area contributed by atoms with Crippen molar-refractivity contribution in [2.45, 2.75) is 44.1 Å². The Hall–Kier alpha value is -2.22. The standard InChI is InChI=1S/C16H20N6OS/c1-11(2)9-14-17-18-15(23-14)12(3)24-16-19-20-21-22(16)10-13-7-5-4-6-8-13/h4-8,11-12H,9-10H2,1-3H3/t12-/m0/s1. The molecule has 0 spiro atoms. The zero-order valence-electron chi connectivity index (χ0n) is 14.0. The summed E-state index contributed by atoms with van der Waals surface area (Å²) in [6.45, 7) is 6.89. The van der Waals surface area contributed by atoms with E-state index in [4.69, 9.17) is 4.42 Å². The zero-order valence-corrected chi connectivity index (χ0v) is 14.8. The fraction of sp³-hybridized carbons (Fsp3) is 0.438. The van der Waals surface area contributed by atoms with Crippen LogP contribution in [-0.2, 0) is 13.0 Å². The lowest BCUT2D eigenvalue weighted by molar-refractivity contribution is 0.426. The van der Waals surface area contributed by atoms with Gasteiger partial charge in [-0.1, -0.05) is 55.9 Å². The summed E-state index contributed by atoms with van der Waals surface area (Å²) in [4.78, 5) is 0. The third-order valence-electron chi connectivity index (χ3n) is 3.37. The first kappa shape index (κ1) is 16.6. The molecular formula is C16H20N6OS. The molecular weight excluding hydrogens is 324 g/mol. The van der Waals surface area contributed by atoms with Crippen LogP contribution in [-0.4, -0.2) is 30.4 Å². The molecule has 24 heavy (non-hydrogen) atoms. The maximum atomic E-state index is 5.74. The van der Waals surface area contributed by atoms with Crippen LogP contribution in [0.25, 0.3) is 0 Å². The van der Waals surface area contributed by atoms with Gasteiger partial charge in [0.05, 0.1) is 11.8 Å². The molecule has 2 heterocycles. The third-order valence-corrected chi connectivity index (χ3v) is 4.43. The summed E-state index contributed by atoms with van der Waals surface area (Å²) >= 11 is 1.51. The molecule has 8 heteroatoms. The molecule has 3 rings (SSSR count). The van der Waals surface area contributed by atoms with Gasteiger partial charge in [0.15, 0.2) is 0 Å². The Morgan fingerprint density at radius 1 is 1.08 bits per heavy atom. The van der Waals surface area contributed by atoms with Crippen LogP contribution in [0.1, 0.15) is 43.4 Å². The van der Waals surface area contributed by atoms with Gasteiger partial charge >= 0.3 is 0 Å². The highest BCUT2D eigenvalue weighted by Crippen LogP contribution is 2.32. The lowest BCUT2D eigenvalue weighted by Gasteiger charge is -2.07. The van der Waals surface area contributed by atoms with Crippen LogP contribution in [0.4, 0.5) is 0 Å². The molecule has 0 unspecified atom stereocenters. The molecule has 1 atom stereocenters. The van der Waals surface area contributed by atoms with E-state index in [1.165, 1.54) is 11.8 Å². The van der Waals surface area contributed by atoms with Crippen LogP contribution in [0.15, 0.2) is 39.9 Å². The first-order chi connectivity index (χ1) is 11.6. The summed E-state index contributed by atoms with van der Waals surface area (Å²) < 4.78 is 7.52. The third kappa shape index (κ3) is 4.19. The number of benzene rings is 1. The van der Waals surface area contributed by atoms with Gasteiger partial charge in [-0.25, -0.2) is 4.68 Å². The maximum absolute atomic E-state index is 5.74. The summed E-state index contributed by atoms with van der Waals surface area (Å²) in [5.41, 5.74) is 1.15. The van der Waals surface area contributed by atoms with Crippen LogP contribution in [0.2, 0.25) is 0 Å². The van der Waals surface area contributed by atoms with E-state index in [-0.39, 0.29) is 5.25 Å². The van der Waals surface area contributed by atoms with Crippen molar-refractivity contribution in [1.29, 1.82) is 0 Å². The Morgan fingerprint density at radius 2 is 1.88 bits per heavy atom. The average molecular weight is 344 g/mol. The lowest BCUT2D eigenvalue weighted by atomic mass is 10.1. The minimum atomic E-state index is -0.0149. The Balaban J connectivity index is 1.68. The number of nitrogens with zero attached hydrogens (tertiary/aromatic N) is 6. The van der Waals surface area contributed by atoms with Crippen LogP contribution in [0.5, 0.6) is 0 Å². The molecule has 0 saturated heterocycles. The molecule has 0 radical (unpaired) electrons. The SMILES string of the molecule is CC(C)Cc1nnc([C@H](C)Sc2nnnn2Cc2ccccc2)o1.